The molecule has 92 valence electrons. The minimum Gasteiger partial charge on any atom is -0.479 e. The molecule has 1 N–H and O–H groups in total. The number of hydrogen-bond acceptors (Lipinski definition) is 3. The number of carbonyl (C=O) groups is 3. The van der Waals surface area contributed by atoms with Crippen LogP contribution in [0.1, 0.15) is 25.7 Å². The van der Waals surface area contributed by atoms with Crippen molar-refractivity contribution >= 4 is 17.8 Å². The number of amides is 2. The van der Waals surface area contributed by atoms with E-state index in [1.165, 1.54) is 0 Å². The molecule has 5 nitrogen and oxygen atoms in total. The smallest absolute Gasteiger partial charge is 0.340 e. The molecule has 0 saturated heterocycles. The second-order valence-electron chi connectivity index (χ2n) is 4.19. The van der Waals surface area contributed by atoms with E-state index in [2.05, 4.69) is 0 Å². The average Bonchev–Trinajstić information content (AvgIpc) is 2.55. The van der Waals surface area contributed by atoms with Crippen LogP contribution >= 0.6 is 0 Å². The number of rotatable bonds is 3. The number of carboxylic acid groups (broad SMARTS) is 1. The topological polar surface area (TPSA) is 74.7 Å². The van der Waals surface area contributed by atoms with Gasteiger partial charge in [-0.1, -0.05) is 0 Å². The van der Waals surface area contributed by atoms with E-state index in [1.807, 2.05) is 0 Å². The van der Waals surface area contributed by atoms with E-state index in [-0.39, 0.29) is 0 Å². The van der Waals surface area contributed by atoms with Gasteiger partial charge in [-0.3, -0.25) is 14.5 Å². The highest BCUT2D eigenvalue weighted by Gasteiger charge is 2.40. The summed E-state index contributed by atoms with van der Waals surface area (Å²) in [6.45, 7) is -0.694. The van der Waals surface area contributed by atoms with Crippen LogP contribution in [0.2, 0.25) is 0 Å². The Morgan fingerprint density at radius 1 is 1.24 bits per heavy atom. The summed E-state index contributed by atoms with van der Waals surface area (Å²) in [5, 5.41) is 8.44. The lowest BCUT2D eigenvalue weighted by atomic mass is 9.93. The second-order valence-corrected chi connectivity index (χ2v) is 4.19. The Balaban J connectivity index is 2.16. The molecule has 0 spiro atoms. The fourth-order valence-electron chi connectivity index (χ4n) is 2.20. The van der Waals surface area contributed by atoms with Crippen LogP contribution in [0.5, 0.6) is 0 Å². The van der Waals surface area contributed by atoms with Crippen LogP contribution in [0.3, 0.4) is 0 Å². The molecule has 0 fully saturated rings. The van der Waals surface area contributed by atoms with Crippen molar-refractivity contribution in [1.29, 1.82) is 0 Å². The van der Waals surface area contributed by atoms with E-state index in [1.54, 1.807) is 0 Å². The van der Waals surface area contributed by atoms with Crippen molar-refractivity contribution in [2.75, 3.05) is 6.54 Å². The summed E-state index contributed by atoms with van der Waals surface area (Å²) < 4.78 is 13.0. The zero-order valence-corrected chi connectivity index (χ0v) is 9.11. The number of aliphatic carboxylic acids is 1. The molecule has 0 aromatic rings. The maximum atomic E-state index is 13.0. The lowest BCUT2D eigenvalue weighted by Gasteiger charge is -2.15. The molecule has 0 radical (unpaired) electrons. The van der Waals surface area contributed by atoms with Gasteiger partial charge in [-0.05, 0) is 25.7 Å². The van der Waals surface area contributed by atoms with Gasteiger partial charge < -0.3 is 5.11 Å². The van der Waals surface area contributed by atoms with Gasteiger partial charge in [0.2, 0.25) is 6.17 Å². The number of imide groups is 1. The van der Waals surface area contributed by atoms with E-state index < -0.39 is 30.5 Å². The first-order chi connectivity index (χ1) is 8.02. The summed E-state index contributed by atoms with van der Waals surface area (Å²) in [7, 11) is 0. The van der Waals surface area contributed by atoms with Crippen LogP contribution in [0.25, 0.3) is 0 Å². The van der Waals surface area contributed by atoms with Gasteiger partial charge in [-0.2, -0.15) is 0 Å². The highest BCUT2D eigenvalue weighted by atomic mass is 19.1. The number of nitrogens with zero attached hydrogens (tertiary/aromatic N) is 1. The van der Waals surface area contributed by atoms with Crippen molar-refractivity contribution in [2.45, 2.75) is 31.9 Å². The Morgan fingerprint density at radius 2 is 1.71 bits per heavy atom. The normalized spacial score (nSPS) is 21.8. The summed E-state index contributed by atoms with van der Waals surface area (Å²) in [6, 6.07) is 0. The Morgan fingerprint density at radius 3 is 2.12 bits per heavy atom. The number of carboxylic acids is 1. The largest absolute Gasteiger partial charge is 0.479 e. The molecule has 1 aliphatic carbocycles. The first-order valence-corrected chi connectivity index (χ1v) is 5.47. The second kappa shape index (κ2) is 4.27. The number of carbonyl (C=O) groups excluding carboxylic acids is 2. The molecule has 0 aromatic heterocycles. The Kier molecular flexibility index (Phi) is 2.95. The minimum absolute atomic E-state index is 0.443. The molecular weight excluding hydrogens is 229 g/mol. The molecule has 0 saturated carbocycles. The van der Waals surface area contributed by atoms with Crippen LogP contribution in [0, 0.1) is 0 Å². The molecule has 2 amide bonds. The predicted molar refractivity (Wildman–Crippen MR) is 54.7 cm³/mol. The summed E-state index contributed by atoms with van der Waals surface area (Å²) in [5.74, 6) is -2.70. The van der Waals surface area contributed by atoms with Gasteiger partial charge in [0.1, 0.15) is 0 Å². The number of halogens is 1. The average molecular weight is 241 g/mol. The molecule has 1 heterocycles. The van der Waals surface area contributed by atoms with Crippen molar-refractivity contribution in [1.82, 2.24) is 4.90 Å². The van der Waals surface area contributed by atoms with Crippen LogP contribution < -0.4 is 0 Å². The third-order valence-electron chi connectivity index (χ3n) is 3.09. The number of hydrogen-bond donors (Lipinski definition) is 1. The molecule has 1 atom stereocenters. The van der Waals surface area contributed by atoms with Crippen LogP contribution in [0.4, 0.5) is 4.39 Å². The molecular formula is C11H12FNO4. The lowest BCUT2D eigenvalue weighted by molar-refractivity contribution is -0.146. The molecule has 1 unspecified atom stereocenters. The third kappa shape index (κ3) is 1.94. The minimum atomic E-state index is -2.22. The molecule has 17 heavy (non-hydrogen) atoms. The number of alkyl halides is 1. The molecule has 1 aliphatic heterocycles. The predicted octanol–water partition coefficient (Wildman–Crippen LogP) is 0.649. The SMILES string of the molecule is O=C(O)C(F)CN1C(=O)C2=C(CCCC2)C1=O. The van der Waals surface area contributed by atoms with Crippen molar-refractivity contribution in [3.05, 3.63) is 11.1 Å². The van der Waals surface area contributed by atoms with Gasteiger partial charge in [-0.25, -0.2) is 9.18 Å². The molecule has 6 heteroatoms. The van der Waals surface area contributed by atoms with Gasteiger partial charge in [0.05, 0.1) is 6.54 Å². The first kappa shape index (κ1) is 11.8. The van der Waals surface area contributed by atoms with Gasteiger partial charge in [0.25, 0.3) is 11.8 Å². The van der Waals surface area contributed by atoms with Crippen molar-refractivity contribution in [3.8, 4) is 0 Å². The molecule has 0 aromatic carbocycles. The van der Waals surface area contributed by atoms with Gasteiger partial charge >= 0.3 is 5.97 Å². The Hall–Kier alpha value is -1.72. The highest BCUT2D eigenvalue weighted by Crippen LogP contribution is 2.32. The first-order valence-electron chi connectivity index (χ1n) is 5.47. The summed E-state index contributed by atoms with van der Waals surface area (Å²) in [6.07, 6.45) is 0.512. The van der Waals surface area contributed by atoms with Crippen LogP contribution in [-0.4, -0.2) is 40.5 Å². The van der Waals surface area contributed by atoms with E-state index in [9.17, 15) is 18.8 Å². The lowest BCUT2D eigenvalue weighted by Crippen LogP contribution is -2.39. The van der Waals surface area contributed by atoms with E-state index in [0.717, 1.165) is 17.7 Å². The quantitative estimate of drug-likeness (QED) is 0.736. The maximum absolute atomic E-state index is 13.0. The molecule has 2 aliphatic rings. The van der Waals surface area contributed by atoms with E-state index in [0.29, 0.717) is 24.0 Å². The Labute approximate surface area is 96.9 Å². The molecule has 2 rings (SSSR count). The van der Waals surface area contributed by atoms with E-state index in [4.69, 9.17) is 5.11 Å². The summed E-state index contributed by atoms with van der Waals surface area (Å²) in [4.78, 5) is 34.7. The third-order valence-corrected chi connectivity index (χ3v) is 3.09. The van der Waals surface area contributed by atoms with Gasteiger partial charge in [0.15, 0.2) is 0 Å². The monoisotopic (exact) mass is 241 g/mol. The summed E-state index contributed by atoms with van der Waals surface area (Å²) in [5.41, 5.74) is 0.887. The van der Waals surface area contributed by atoms with Gasteiger partial charge in [0, 0.05) is 11.1 Å². The van der Waals surface area contributed by atoms with E-state index >= 15 is 0 Å². The maximum Gasteiger partial charge on any atom is 0.340 e. The summed E-state index contributed by atoms with van der Waals surface area (Å²) >= 11 is 0. The standard InChI is InChI=1S/C11H12FNO4/c12-8(11(16)17)5-13-9(14)6-3-1-2-4-7(6)10(13)15/h8H,1-5H2,(H,16,17). The Bertz CT molecular complexity index is 401. The fraction of sp³-hybridized carbons (Fsp3) is 0.545. The molecule has 0 bridgehead atoms. The van der Waals surface area contributed by atoms with Crippen molar-refractivity contribution in [2.24, 2.45) is 0 Å². The zero-order valence-electron chi connectivity index (χ0n) is 9.11. The fourth-order valence-corrected chi connectivity index (χ4v) is 2.20. The van der Waals surface area contributed by atoms with Crippen LogP contribution in [-0.2, 0) is 14.4 Å². The zero-order chi connectivity index (χ0) is 12.6. The van der Waals surface area contributed by atoms with Crippen molar-refractivity contribution < 1.29 is 23.9 Å². The van der Waals surface area contributed by atoms with Gasteiger partial charge in [-0.15, -0.1) is 0 Å². The van der Waals surface area contributed by atoms with Crippen molar-refractivity contribution in [3.63, 3.8) is 0 Å². The van der Waals surface area contributed by atoms with Crippen LogP contribution in [0.15, 0.2) is 11.1 Å². The highest BCUT2D eigenvalue weighted by molar-refractivity contribution is 6.19.